The zero-order chi connectivity index (χ0) is 19.2. The molecule has 0 spiro atoms. The zero-order valence-electron chi connectivity index (χ0n) is 16.2. The van der Waals surface area contributed by atoms with E-state index >= 15 is 0 Å². The van der Waals surface area contributed by atoms with Crippen LogP contribution in [0.25, 0.3) is 6.08 Å². The lowest BCUT2D eigenvalue weighted by Crippen LogP contribution is -2.26. The molecule has 1 aliphatic heterocycles. The highest BCUT2D eigenvalue weighted by molar-refractivity contribution is 5.86. The van der Waals surface area contributed by atoms with Crippen LogP contribution in [-0.4, -0.2) is 51.3 Å². The summed E-state index contributed by atoms with van der Waals surface area (Å²) in [6.07, 6.45) is 6.37. The third-order valence-electron chi connectivity index (χ3n) is 4.85. The molecule has 1 fully saturated rings. The average Bonchev–Trinajstić information content (AvgIpc) is 3.34. The quantitative estimate of drug-likeness (QED) is 0.552. The lowest BCUT2D eigenvalue weighted by molar-refractivity contribution is -0.134. The fourth-order valence-electron chi connectivity index (χ4n) is 3.35. The maximum atomic E-state index is 11.2. The molecule has 1 aromatic heterocycles. The van der Waals surface area contributed by atoms with Crippen LogP contribution in [0.3, 0.4) is 0 Å². The molecule has 1 atom stereocenters. The van der Waals surface area contributed by atoms with Crippen molar-refractivity contribution in [3.63, 3.8) is 0 Å². The van der Waals surface area contributed by atoms with Gasteiger partial charge in [-0.15, -0.1) is 10.2 Å². The summed E-state index contributed by atoms with van der Waals surface area (Å²) in [5.41, 5.74) is 2.30. The number of aromatic nitrogens is 4. The monoisotopic (exact) mass is 369 g/mol. The molecule has 1 unspecified atom stereocenters. The number of tetrazole rings is 1. The van der Waals surface area contributed by atoms with Gasteiger partial charge in [0.1, 0.15) is 0 Å². The molecule has 1 aliphatic rings. The van der Waals surface area contributed by atoms with E-state index in [4.69, 9.17) is 0 Å². The van der Waals surface area contributed by atoms with Gasteiger partial charge in [0.15, 0.2) is 5.82 Å². The van der Waals surface area contributed by atoms with E-state index in [1.807, 2.05) is 26.0 Å². The predicted molar refractivity (Wildman–Crippen MR) is 103 cm³/mol. The second-order valence-electron chi connectivity index (χ2n) is 7.09. The Morgan fingerprint density at radius 3 is 2.78 bits per heavy atom. The van der Waals surface area contributed by atoms with Crippen molar-refractivity contribution in [2.75, 3.05) is 20.2 Å². The number of esters is 1. The van der Waals surface area contributed by atoms with Gasteiger partial charge in [-0.1, -0.05) is 24.3 Å². The number of ether oxygens (including phenoxy) is 1. The number of hydrogen-bond donors (Lipinski definition) is 0. The van der Waals surface area contributed by atoms with E-state index in [2.05, 4.69) is 37.2 Å². The molecular formula is C20H27N5O2. The van der Waals surface area contributed by atoms with Crippen molar-refractivity contribution < 1.29 is 9.53 Å². The number of likely N-dealkylation sites (tertiary alicyclic amines) is 1. The first-order valence-corrected chi connectivity index (χ1v) is 9.45. The van der Waals surface area contributed by atoms with Crippen LogP contribution in [0.1, 0.15) is 55.7 Å². The molecule has 0 N–H and O–H groups in total. The molecule has 3 rings (SSSR count). The topological polar surface area (TPSA) is 73.1 Å². The first kappa shape index (κ1) is 19.2. The fourth-order valence-corrected chi connectivity index (χ4v) is 3.35. The van der Waals surface area contributed by atoms with Gasteiger partial charge >= 0.3 is 5.97 Å². The molecule has 1 saturated heterocycles. The number of benzene rings is 1. The van der Waals surface area contributed by atoms with Gasteiger partial charge in [-0.3, -0.25) is 4.90 Å². The summed E-state index contributed by atoms with van der Waals surface area (Å²) in [6.45, 7) is 6.11. The Balaban J connectivity index is 1.60. The van der Waals surface area contributed by atoms with Gasteiger partial charge in [-0.05, 0) is 55.7 Å². The van der Waals surface area contributed by atoms with Crippen LogP contribution in [0, 0.1) is 0 Å². The van der Waals surface area contributed by atoms with Crippen LogP contribution < -0.4 is 0 Å². The lowest BCUT2D eigenvalue weighted by Gasteiger charge is -2.24. The fraction of sp³-hybridized carbons (Fsp3) is 0.500. The minimum Gasteiger partial charge on any atom is -0.466 e. The van der Waals surface area contributed by atoms with Crippen LogP contribution in [0.5, 0.6) is 0 Å². The number of nitrogens with zero attached hydrogens (tertiary/aromatic N) is 5. The summed E-state index contributed by atoms with van der Waals surface area (Å²) in [7, 11) is 1.38. The molecule has 7 nitrogen and oxygen atoms in total. The van der Waals surface area contributed by atoms with Crippen molar-refractivity contribution in [2.45, 2.75) is 45.2 Å². The summed E-state index contributed by atoms with van der Waals surface area (Å²) in [5, 5.41) is 12.7. The van der Waals surface area contributed by atoms with Crippen molar-refractivity contribution in [3.05, 3.63) is 47.3 Å². The first-order chi connectivity index (χ1) is 13.1. The van der Waals surface area contributed by atoms with E-state index in [-0.39, 0.29) is 12.0 Å². The van der Waals surface area contributed by atoms with Crippen LogP contribution in [0.15, 0.2) is 30.3 Å². The van der Waals surface area contributed by atoms with E-state index in [0.29, 0.717) is 6.04 Å². The van der Waals surface area contributed by atoms with Gasteiger partial charge < -0.3 is 4.74 Å². The van der Waals surface area contributed by atoms with Gasteiger partial charge in [0, 0.05) is 25.1 Å². The third kappa shape index (κ3) is 5.01. The highest BCUT2D eigenvalue weighted by Gasteiger charge is 2.25. The average molecular weight is 369 g/mol. The number of hydrogen-bond acceptors (Lipinski definition) is 6. The number of rotatable bonds is 7. The molecule has 2 heterocycles. The van der Waals surface area contributed by atoms with Crippen LogP contribution >= 0.6 is 0 Å². The van der Waals surface area contributed by atoms with Gasteiger partial charge in [-0.25, -0.2) is 4.79 Å². The summed E-state index contributed by atoms with van der Waals surface area (Å²) in [6, 6.07) is 9.03. The molecule has 1 aromatic carbocycles. The molecule has 0 saturated carbocycles. The normalized spacial score (nSPS) is 17.9. The Bertz CT molecular complexity index is 782. The maximum Gasteiger partial charge on any atom is 0.330 e. The molecule has 2 aromatic rings. The maximum absolute atomic E-state index is 11.2. The van der Waals surface area contributed by atoms with E-state index in [1.165, 1.54) is 25.2 Å². The summed E-state index contributed by atoms with van der Waals surface area (Å²) in [5.74, 6) is 0.460. The Morgan fingerprint density at radius 2 is 2.11 bits per heavy atom. The zero-order valence-corrected chi connectivity index (χ0v) is 16.2. The Hall–Kier alpha value is -2.54. The van der Waals surface area contributed by atoms with Crippen molar-refractivity contribution in [1.82, 2.24) is 25.1 Å². The Labute approximate surface area is 160 Å². The molecule has 0 radical (unpaired) electrons. The molecule has 0 aliphatic carbocycles. The molecular weight excluding hydrogens is 342 g/mol. The van der Waals surface area contributed by atoms with E-state index in [9.17, 15) is 4.79 Å². The number of methoxy groups -OCH3 is 1. The van der Waals surface area contributed by atoms with Crippen molar-refractivity contribution in [2.24, 2.45) is 0 Å². The lowest BCUT2D eigenvalue weighted by atomic mass is 10.0. The van der Waals surface area contributed by atoms with E-state index in [0.717, 1.165) is 37.3 Å². The van der Waals surface area contributed by atoms with Crippen LogP contribution in [0.4, 0.5) is 0 Å². The molecule has 27 heavy (non-hydrogen) atoms. The van der Waals surface area contributed by atoms with Gasteiger partial charge in [-0.2, -0.15) is 4.80 Å². The predicted octanol–water partition coefficient (Wildman–Crippen LogP) is 2.82. The van der Waals surface area contributed by atoms with Crippen LogP contribution in [-0.2, 0) is 16.0 Å². The van der Waals surface area contributed by atoms with Gasteiger partial charge in [0.2, 0.25) is 0 Å². The van der Waals surface area contributed by atoms with Gasteiger partial charge in [0.25, 0.3) is 0 Å². The van der Waals surface area contributed by atoms with Gasteiger partial charge in [0.05, 0.1) is 13.2 Å². The highest BCUT2D eigenvalue weighted by atomic mass is 16.5. The summed E-state index contributed by atoms with van der Waals surface area (Å²) < 4.78 is 4.62. The smallest absolute Gasteiger partial charge is 0.330 e. The molecule has 0 bridgehead atoms. The number of carbonyl (C=O) groups excluding carboxylic acids is 1. The minimum atomic E-state index is -0.343. The standard InChI is InChI=1S/C20H27N5O2/c1-15(2)25-22-19(21-23-25)12-14-24-13-4-5-18(24)17-9-6-16(7-10-17)8-11-20(26)27-3/h6-11,15,18H,4-5,12-14H2,1-3H3/b11-8+. The summed E-state index contributed by atoms with van der Waals surface area (Å²) >= 11 is 0. The first-order valence-electron chi connectivity index (χ1n) is 9.45. The van der Waals surface area contributed by atoms with Crippen LogP contribution in [0.2, 0.25) is 0 Å². The summed E-state index contributed by atoms with van der Waals surface area (Å²) in [4.78, 5) is 15.4. The van der Waals surface area contributed by atoms with Crippen molar-refractivity contribution >= 4 is 12.0 Å². The number of carbonyl (C=O) groups is 1. The van der Waals surface area contributed by atoms with Crippen molar-refractivity contribution in [3.8, 4) is 0 Å². The SMILES string of the molecule is COC(=O)/C=C/c1ccc(C2CCCN2CCc2nnn(C(C)C)n2)cc1. The second kappa shape index (κ2) is 8.90. The second-order valence-corrected chi connectivity index (χ2v) is 7.09. The molecule has 0 amide bonds. The highest BCUT2D eigenvalue weighted by Crippen LogP contribution is 2.32. The van der Waals surface area contributed by atoms with E-state index < -0.39 is 0 Å². The molecule has 7 heteroatoms. The molecule has 144 valence electrons. The van der Waals surface area contributed by atoms with E-state index in [1.54, 1.807) is 10.9 Å². The Morgan fingerprint density at radius 1 is 1.33 bits per heavy atom. The largest absolute Gasteiger partial charge is 0.466 e. The Kier molecular flexibility index (Phi) is 6.34. The van der Waals surface area contributed by atoms with Crippen molar-refractivity contribution in [1.29, 1.82) is 0 Å². The minimum absolute atomic E-state index is 0.234. The third-order valence-corrected chi connectivity index (χ3v) is 4.85.